The molecule has 34 heavy (non-hydrogen) atoms. The van der Waals surface area contributed by atoms with E-state index in [0.29, 0.717) is 5.69 Å². The molecule has 7 heteroatoms. The monoisotopic (exact) mass is 479 g/mol. The fraction of sp³-hybridized carbons (Fsp3) is 0.370. The molecular formula is C27H33N3O3S. The van der Waals surface area contributed by atoms with Crippen molar-refractivity contribution in [1.29, 1.82) is 0 Å². The van der Waals surface area contributed by atoms with Crippen LogP contribution in [0.15, 0.2) is 53.6 Å². The Morgan fingerprint density at radius 1 is 1.06 bits per heavy atom. The maximum absolute atomic E-state index is 13.1. The van der Waals surface area contributed by atoms with Crippen molar-refractivity contribution < 1.29 is 14.7 Å². The highest BCUT2D eigenvalue weighted by molar-refractivity contribution is 8.01. The van der Waals surface area contributed by atoms with Gasteiger partial charge in [-0.25, -0.2) is 4.98 Å². The van der Waals surface area contributed by atoms with Gasteiger partial charge in [0, 0.05) is 28.9 Å². The van der Waals surface area contributed by atoms with Crippen molar-refractivity contribution >= 4 is 29.3 Å². The lowest BCUT2D eigenvalue weighted by Crippen LogP contribution is -2.26. The fourth-order valence-corrected chi connectivity index (χ4v) is 4.61. The normalized spacial score (nSPS) is 11.4. The van der Waals surface area contributed by atoms with Crippen LogP contribution in [0, 0.1) is 13.8 Å². The topological polar surface area (TPSA) is 84.2 Å². The number of anilines is 1. The molecule has 180 valence electrons. The highest BCUT2D eigenvalue weighted by atomic mass is 32.2. The number of aliphatic carboxylic acids is 1. The molecule has 0 atom stereocenters. The number of carbonyl (C=O) groups is 2. The minimum absolute atomic E-state index is 0.233. The predicted molar refractivity (Wildman–Crippen MR) is 139 cm³/mol. The van der Waals surface area contributed by atoms with Gasteiger partial charge in [-0.3, -0.25) is 9.59 Å². The molecule has 3 rings (SSSR count). The number of thioether (sulfide) groups is 1. The van der Waals surface area contributed by atoms with Gasteiger partial charge in [0.25, 0.3) is 5.91 Å². The Kier molecular flexibility index (Phi) is 8.20. The van der Waals surface area contributed by atoms with E-state index in [-0.39, 0.29) is 5.91 Å². The molecule has 0 unspecified atom stereocenters. The van der Waals surface area contributed by atoms with Crippen LogP contribution in [0.2, 0.25) is 0 Å². The van der Waals surface area contributed by atoms with E-state index in [1.54, 1.807) is 13.8 Å². The highest BCUT2D eigenvalue weighted by Gasteiger charge is 2.28. The Balaban J connectivity index is 1.89. The molecule has 1 aromatic heterocycles. The molecule has 0 bridgehead atoms. The summed E-state index contributed by atoms with van der Waals surface area (Å²) in [5.41, 5.74) is 4.10. The number of carbonyl (C=O) groups excluding carboxylic acids is 1. The van der Waals surface area contributed by atoms with Crippen molar-refractivity contribution in [1.82, 2.24) is 9.55 Å². The molecule has 0 aliphatic heterocycles. The second-order valence-electron chi connectivity index (χ2n) is 9.01. The molecule has 3 aromatic rings. The molecule has 1 heterocycles. The van der Waals surface area contributed by atoms with Crippen LogP contribution < -0.4 is 5.32 Å². The standard InChI is InChI=1S/C27H33N3O3S/c1-6-7-8-16-30-17-22(25(31)29-23-18(2)10-9-11-19(23)3)28-24(30)20-12-14-21(15-13-20)34-27(4,5)26(32)33/h9-15,17H,6-8,16H2,1-5H3,(H,29,31)(H,32,33). The molecule has 0 saturated heterocycles. The Hall–Kier alpha value is -3.06. The van der Waals surface area contributed by atoms with Crippen molar-refractivity contribution in [2.75, 3.05) is 5.32 Å². The number of unbranched alkanes of at least 4 members (excludes halogenated alkanes) is 2. The van der Waals surface area contributed by atoms with Crippen LogP contribution >= 0.6 is 11.8 Å². The van der Waals surface area contributed by atoms with Gasteiger partial charge < -0.3 is 15.0 Å². The number of carboxylic acid groups (broad SMARTS) is 1. The molecule has 0 aliphatic rings. The summed E-state index contributed by atoms with van der Waals surface area (Å²) in [7, 11) is 0. The lowest BCUT2D eigenvalue weighted by atomic mass is 10.1. The molecule has 2 N–H and O–H groups in total. The lowest BCUT2D eigenvalue weighted by Gasteiger charge is -2.18. The first-order chi connectivity index (χ1) is 16.1. The van der Waals surface area contributed by atoms with Crippen LogP contribution in [-0.4, -0.2) is 31.3 Å². The SMILES string of the molecule is CCCCCn1cc(C(=O)Nc2c(C)cccc2C)nc1-c1ccc(SC(C)(C)C(=O)O)cc1. The second kappa shape index (κ2) is 10.9. The van der Waals surface area contributed by atoms with Crippen molar-refractivity contribution in [2.24, 2.45) is 0 Å². The molecule has 1 amide bonds. The first-order valence-corrected chi connectivity index (χ1v) is 12.4. The number of nitrogens with zero attached hydrogens (tertiary/aromatic N) is 2. The summed E-state index contributed by atoms with van der Waals surface area (Å²) in [5, 5.41) is 12.4. The Bertz CT molecular complexity index is 1150. The average molecular weight is 480 g/mol. The molecule has 0 radical (unpaired) electrons. The number of para-hydroxylation sites is 1. The van der Waals surface area contributed by atoms with Gasteiger partial charge in [0.15, 0.2) is 0 Å². The number of aromatic nitrogens is 2. The lowest BCUT2D eigenvalue weighted by molar-refractivity contribution is -0.138. The zero-order valence-electron chi connectivity index (χ0n) is 20.5. The van der Waals surface area contributed by atoms with Crippen LogP contribution in [0.5, 0.6) is 0 Å². The summed E-state index contributed by atoms with van der Waals surface area (Å²) in [6, 6.07) is 13.6. The summed E-state index contributed by atoms with van der Waals surface area (Å²) >= 11 is 1.30. The zero-order chi connectivity index (χ0) is 24.9. The summed E-state index contributed by atoms with van der Waals surface area (Å²) < 4.78 is 1.12. The molecule has 6 nitrogen and oxygen atoms in total. The van der Waals surface area contributed by atoms with E-state index >= 15 is 0 Å². The van der Waals surface area contributed by atoms with Crippen molar-refractivity contribution in [3.63, 3.8) is 0 Å². The van der Waals surface area contributed by atoms with Crippen molar-refractivity contribution in [3.05, 3.63) is 65.5 Å². The van der Waals surface area contributed by atoms with Gasteiger partial charge in [0.1, 0.15) is 16.3 Å². The van der Waals surface area contributed by atoms with E-state index in [4.69, 9.17) is 4.98 Å². The van der Waals surface area contributed by atoms with Crippen molar-refractivity contribution in [3.8, 4) is 11.4 Å². The molecule has 0 spiro atoms. The van der Waals surface area contributed by atoms with E-state index in [1.165, 1.54) is 11.8 Å². The largest absolute Gasteiger partial charge is 0.480 e. The smallest absolute Gasteiger partial charge is 0.319 e. The fourth-order valence-electron chi connectivity index (χ4n) is 3.66. The highest BCUT2D eigenvalue weighted by Crippen LogP contribution is 2.34. The molecular weight excluding hydrogens is 446 g/mol. The first-order valence-electron chi connectivity index (χ1n) is 11.6. The van der Waals surface area contributed by atoms with Crippen molar-refractivity contribution in [2.45, 2.75) is 70.1 Å². The third kappa shape index (κ3) is 6.08. The molecule has 0 fully saturated rings. The number of amides is 1. The number of rotatable bonds is 10. The third-order valence-electron chi connectivity index (χ3n) is 5.73. The van der Waals surface area contributed by atoms with E-state index in [2.05, 4.69) is 12.2 Å². The van der Waals surface area contributed by atoms with Gasteiger partial charge in [0.05, 0.1) is 0 Å². The van der Waals surface area contributed by atoms with E-state index < -0.39 is 10.7 Å². The van der Waals surface area contributed by atoms with Gasteiger partial charge in [-0.2, -0.15) is 0 Å². The summed E-state index contributed by atoms with van der Waals surface area (Å²) in [4.78, 5) is 30.1. The number of hydrogen-bond donors (Lipinski definition) is 2. The number of carboxylic acids is 1. The maximum Gasteiger partial charge on any atom is 0.319 e. The minimum Gasteiger partial charge on any atom is -0.480 e. The number of nitrogens with one attached hydrogen (secondary N) is 1. The Morgan fingerprint density at radius 3 is 2.29 bits per heavy atom. The van der Waals surface area contributed by atoms with Gasteiger partial charge in [-0.15, -0.1) is 11.8 Å². The predicted octanol–water partition coefficient (Wildman–Crippen LogP) is 6.56. The quantitative estimate of drug-likeness (QED) is 0.254. The number of benzene rings is 2. The van der Waals surface area contributed by atoms with Gasteiger partial charge >= 0.3 is 5.97 Å². The average Bonchev–Trinajstić information content (AvgIpc) is 3.21. The van der Waals surface area contributed by atoms with Crippen LogP contribution in [0.25, 0.3) is 11.4 Å². The Morgan fingerprint density at radius 2 is 1.71 bits per heavy atom. The molecule has 0 aliphatic carbocycles. The maximum atomic E-state index is 13.1. The van der Waals surface area contributed by atoms with E-state index in [9.17, 15) is 14.7 Å². The Labute approximate surface area is 205 Å². The molecule has 2 aromatic carbocycles. The van der Waals surface area contributed by atoms with E-state index in [1.807, 2.05) is 67.1 Å². The van der Waals surface area contributed by atoms with Crippen LogP contribution in [-0.2, 0) is 11.3 Å². The van der Waals surface area contributed by atoms with Crippen LogP contribution in [0.4, 0.5) is 5.69 Å². The van der Waals surface area contributed by atoms with Gasteiger partial charge in [-0.05, 0) is 57.4 Å². The third-order valence-corrected chi connectivity index (χ3v) is 6.92. The first kappa shape index (κ1) is 25.6. The van der Waals surface area contributed by atoms with Gasteiger partial charge in [-0.1, -0.05) is 50.1 Å². The zero-order valence-corrected chi connectivity index (χ0v) is 21.3. The number of aryl methyl sites for hydroxylation is 3. The number of hydrogen-bond acceptors (Lipinski definition) is 4. The second-order valence-corrected chi connectivity index (χ2v) is 10.7. The summed E-state index contributed by atoms with van der Waals surface area (Å²) in [5.74, 6) is -0.354. The number of imidazole rings is 1. The summed E-state index contributed by atoms with van der Waals surface area (Å²) in [6.45, 7) is 10.3. The summed E-state index contributed by atoms with van der Waals surface area (Å²) in [6.07, 6.45) is 5.03. The minimum atomic E-state index is -0.918. The van der Waals surface area contributed by atoms with E-state index in [0.717, 1.165) is 58.9 Å². The molecule has 0 saturated carbocycles. The van der Waals surface area contributed by atoms with Gasteiger partial charge in [0.2, 0.25) is 0 Å². The van der Waals surface area contributed by atoms with Crippen LogP contribution in [0.3, 0.4) is 0 Å². The van der Waals surface area contributed by atoms with Crippen LogP contribution in [0.1, 0.15) is 61.6 Å².